The number of hydrogen-bond acceptors (Lipinski definition) is 0. The summed E-state index contributed by atoms with van der Waals surface area (Å²) in [6.45, 7) is 0. The Kier molecular flexibility index (Phi) is 1.20. The summed E-state index contributed by atoms with van der Waals surface area (Å²) in [5.74, 6) is 2.06. The van der Waals surface area contributed by atoms with Gasteiger partial charge in [-0.25, -0.2) is 0 Å². The molecule has 0 aromatic heterocycles. The Morgan fingerprint density at radius 3 is 3.07 bits per heavy atom. The molecule has 14 heavy (non-hydrogen) atoms. The highest BCUT2D eigenvalue weighted by Crippen LogP contribution is 2.57. The molecule has 0 bridgehead atoms. The van der Waals surface area contributed by atoms with Crippen LogP contribution in [-0.4, -0.2) is 0 Å². The van der Waals surface area contributed by atoms with Crippen LogP contribution in [-0.2, 0) is 6.42 Å². The molecule has 0 nitrogen and oxygen atoms in total. The lowest BCUT2D eigenvalue weighted by molar-refractivity contribution is 0.670. The first kappa shape index (κ1) is 7.28. The number of hydrogen-bond donors (Lipinski definition) is 0. The number of fused-ring (bicyclic) bond motifs is 4. The maximum Gasteiger partial charge on any atom is -0.00521 e. The predicted molar refractivity (Wildman–Crippen MR) is 57.9 cm³/mol. The Morgan fingerprint density at radius 1 is 1.14 bits per heavy atom. The summed E-state index contributed by atoms with van der Waals surface area (Å²) in [6, 6.07) is 9.00. The highest BCUT2D eigenvalue weighted by Gasteiger charge is 2.45. The van der Waals surface area contributed by atoms with Crippen molar-refractivity contribution in [2.75, 3.05) is 0 Å². The van der Waals surface area contributed by atoms with E-state index in [0.717, 1.165) is 11.8 Å². The lowest BCUT2D eigenvalue weighted by Crippen LogP contribution is -1.98. The number of rotatable bonds is 0. The molecule has 1 aromatic rings. The third-order valence-corrected chi connectivity index (χ3v) is 4.25. The van der Waals surface area contributed by atoms with Crippen molar-refractivity contribution in [3.05, 3.63) is 41.0 Å². The van der Waals surface area contributed by atoms with Crippen LogP contribution >= 0.6 is 0 Å². The van der Waals surface area contributed by atoms with Crippen LogP contribution in [0.4, 0.5) is 0 Å². The fourth-order valence-corrected chi connectivity index (χ4v) is 3.43. The zero-order valence-corrected chi connectivity index (χ0v) is 8.29. The zero-order chi connectivity index (χ0) is 9.12. The van der Waals surface area contributed by atoms with Crippen molar-refractivity contribution >= 4 is 5.57 Å². The molecule has 0 aliphatic heterocycles. The summed E-state index contributed by atoms with van der Waals surface area (Å²) < 4.78 is 0. The molecule has 1 fully saturated rings. The van der Waals surface area contributed by atoms with Crippen LogP contribution < -0.4 is 0 Å². The molecule has 4 rings (SSSR count). The highest BCUT2D eigenvalue weighted by molar-refractivity contribution is 5.78. The van der Waals surface area contributed by atoms with Crippen LogP contribution in [0, 0.1) is 11.8 Å². The molecule has 0 saturated heterocycles. The van der Waals surface area contributed by atoms with Crippen LogP contribution in [0.5, 0.6) is 0 Å². The van der Waals surface area contributed by atoms with Crippen molar-refractivity contribution in [1.29, 1.82) is 0 Å². The van der Waals surface area contributed by atoms with Crippen LogP contribution in [0.15, 0.2) is 29.8 Å². The molecule has 0 N–H and O–H groups in total. The van der Waals surface area contributed by atoms with Gasteiger partial charge in [0, 0.05) is 0 Å². The summed E-state index contributed by atoms with van der Waals surface area (Å²) >= 11 is 0. The van der Waals surface area contributed by atoms with Crippen LogP contribution in [0.25, 0.3) is 5.57 Å². The summed E-state index contributed by atoms with van der Waals surface area (Å²) in [7, 11) is 0. The fraction of sp³-hybridized carbons (Fsp3) is 0.429. The summed E-state index contributed by atoms with van der Waals surface area (Å²) in [4.78, 5) is 0. The first-order valence-electron chi connectivity index (χ1n) is 5.73. The van der Waals surface area contributed by atoms with Crippen molar-refractivity contribution in [3.8, 4) is 0 Å². The van der Waals surface area contributed by atoms with Crippen LogP contribution in [0.3, 0.4) is 0 Å². The third kappa shape index (κ3) is 0.796. The van der Waals surface area contributed by atoms with E-state index in [1.54, 1.807) is 16.7 Å². The van der Waals surface area contributed by atoms with Gasteiger partial charge in [0.05, 0.1) is 0 Å². The first-order valence-corrected chi connectivity index (χ1v) is 5.73. The van der Waals surface area contributed by atoms with Crippen LogP contribution in [0.1, 0.15) is 30.4 Å². The number of allylic oxidation sites excluding steroid dienone is 2. The van der Waals surface area contributed by atoms with Crippen molar-refractivity contribution in [2.24, 2.45) is 11.8 Å². The van der Waals surface area contributed by atoms with Crippen molar-refractivity contribution in [1.82, 2.24) is 0 Å². The van der Waals surface area contributed by atoms with Gasteiger partial charge in [0.2, 0.25) is 0 Å². The van der Waals surface area contributed by atoms with Crippen molar-refractivity contribution in [2.45, 2.75) is 25.7 Å². The van der Waals surface area contributed by atoms with Gasteiger partial charge in [-0.2, -0.15) is 0 Å². The van der Waals surface area contributed by atoms with E-state index < -0.39 is 0 Å². The van der Waals surface area contributed by atoms with E-state index in [-0.39, 0.29) is 0 Å². The average molecular weight is 182 g/mol. The molecule has 0 spiro atoms. The molecule has 3 aliphatic rings. The van der Waals surface area contributed by atoms with E-state index in [9.17, 15) is 0 Å². The van der Waals surface area contributed by atoms with Gasteiger partial charge in [-0.3, -0.25) is 0 Å². The molecular formula is C14H14. The van der Waals surface area contributed by atoms with Gasteiger partial charge in [0.25, 0.3) is 0 Å². The molecule has 0 amide bonds. The summed E-state index contributed by atoms with van der Waals surface area (Å²) in [6.07, 6.45) is 5.57. The third-order valence-electron chi connectivity index (χ3n) is 4.25. The molecule has 1 aromatic carbocycles. The molecule has 0 heteroatoms. The van der Waals surface area contributed by atoms with Gasteiger partial charge in [0.1, 0.15) is 0 Å². The standard InChI is InChI=1S/C14H14/c1-2-4-11-9(3-1)8-14-12(11)6-5-10-7-13(10)14/h1-4,10,13H,5-8H2. The first-order chi connectivity index (χ1) is 6.93. The quantitative estimate of drug-likeness (QED) is 0.576. The Hall–Kier alpha value is -1.04. The van der Waals surface area contributed by atoms with Crippen molar-refractivity contribution in [3.63, 3.8) is 0 Å². The summed E-state index contributed by atoms with van der Waals surface area (Å²) in [5, 5.41) is 0. The Labute approximate surface area is 84.6 Å². The minimum atomic E-state index is 0.992. The lowest BCUT2D eigenvalue weighted by Gasteiger charge is -2.13. The van der Waals surface area contributed by atoms with Gasteiger partial charge < -0.3 is 0 Å². The van der Waals surface area contributed by atoms with Gasteiger partial charge in [0.15, 0.2) is 0 Å². The second kappa shape index (κ2) is 2.31. The average Bonchev–Trinajstić information content (AvgIpc) is 2.92. The maximum atomic E-state index is 2.32. The van der Waals surface area contributed by atoms with Gasteiger partial charge >= 0.3 is 0 Å². The minimum absolute atomic E-state index is 0.992. The van der Waals surface area contributed by atoms with E-state index in [4.69, 9.17) is 0 Å². The second-order valence-electron chi connectivity index (χ2n) is 4.98. The predicted octanol–water partition coefficient (Wildman–Crippen LogP) is 3.43. The topological polar surface area (TPSA) is 0 Å². The molecule has 1 saturated carbocycles. The molecule has 0 heterocycles. The molecule has 3 aliphatic carbocycles. The minimum Gasteiger partial charge on any atom is -0.0619 e. The second-order valence-corrected chi connectivity index (χ2v) is 4.98. The Morgan fingerprint density at radius 2 is 2.07 bits per heavy atom. The Balaban J connectivity index is 1.90. The molecule has 2 atom stereocenters. The molecular weight excluding hydrogens is 168 g/mol. The fourth-order valence-electron chi connectivity index (χ4n) is 3.43. The molecule has 2 unspecified atom stereocenters. The normalized spacial score (nSPS) is 32.3. The Bertz CT molecular complexity index is 439. The van der Waals surface area contributed by atoms with E-state index in [1.165, 1.54) is 25.7 Å². The highest BCUT2D eigenvalue weighted by atomic mass is 14.5. The maximum absolute atomic E-state index is 2.32. The van der Waals surface area contributed by atoms with Gasteiger partial charge in [-0.1, -0.05) is 29.8 Å². The van der Waals surface area contributed by atoms with Gasteiger partial charge in [-0.15, -0.1) is 0 Å². The van der Waals surface area contributed by atoms with E-state index >= 15 is 0 Å². The monoisotopic (exact) mass is 182 g/mol. The van der Waals surface area contributed by atoms with Crippen LogP contribution in [0.2, 0.25) is 0 Å². The van der Waals surface area contributed by atoms with E-state index in [1.807, 2.05) is 5.57 Å². The smallest absolute Gasteiger partial charge is 0.00521 e. The number of benzene rings is 1. The molecule has 0 radical (unpaired) electrons. The van der Waals surface area contributed by atoms with Gasteiger partial charge in [-0.05, 0) is 54.2 Å². The van der Waals surface area contributed by atoms with E-state index in [0.29, 0.717) is 0 Å². The summed E-state index contributed by atoms with van der Waals surface area (Å²) in [5.41, 5.74) is 6.69. The SMILES string of the molecule is c1ccc2c(c1)CC1=C2CCC2CC12. The molecule has 70 valence electrons. The largest absolute Gasteiger partial charge is 0.0619 e. The van der Waals surface area contributed by atoms with Crippen molar-refractivity contribution < 1.29 is 0 Å². The zero-order valence-electron chi connectivity index (χ0n) is 8.29. The van der Waals surface area contributed by atoms with E-state index in [2.05, 4.69) is 24.3 Å². The lowest BCUT2D eigenvalue weighted by atomic mass is 9.92.